The van der Waals surface area contributed by atoms with Gasteiger partial charge in [-0.3, -0.25) is 4.21 Å². The molecule has 1 unspecified atom stereocenters. The topological polar surface area (TPSA) is 29.1 Å². The molecule has 0 aliphatic carbocycles. The molecule has 0 saturated carbocycles. The summed E-state index contributed by atoms with van der Waals surface area (Å²) in [7, 11) is -1.05. The predicted molar refractivity (Wildman–Crippen MR) is 98.9 cm³/mol. The van der Waals surface area contributed by atoms with Crippen LogP contribution in [-0.2, 0) is 17.0 Å². The second-order valence-corrected chi connectivity index (χ2v) is 7.10. The van der Waals surface area contributed by atoms with Crippen molar-refractivity contribution in [1.82, 2.24) is 0 Å². The Bertz CT molecular complexity index is 919. The third-order valence-corrected chi connectivity index (χ3v) is 4.85. The maximum absolute atomic E-state index is 12.7. The molecule has 2 nitrogen and oxygen atoms in total. The molecule has 0 bridgehead atoms. The minimum absolute atomic E-state index is 0.566. The van der Waals surface area contributed by atoms with E-state index in [-0.39, 0.29) is 0 Å². The van der Waals surface area contributed by atoms with Crippen molar-refractivity contribution in [3.63, 3.8) is 0 Å². The molecule has 134 valence electrons. The molecular weight excluding hydrogens is 359 g/mol. The van der Waals surface area contributed by atoms with E-state index >= 15 is 0 Å². The first-order valence-electron chi connectivity index (χ1n) is 7.82. The number of para-hydroxylation sites is 1. The lowest BCUT2D eigenvalue weighted by molar-refractivity contribution is -0.137. The number of hydrogen-bond donors (Lipinski definition) is 1. The summed E-state index contributed by atoms with van der Waals surface area (Å²) in [4.78, 5) is 0.738. The standard InChI is InChI=1S/C20H16F3NOS/c1-26(25)17-12-6-14(7-13-17)18-4-2-3-5-19(18)24-16-10-8-15(9-11-16)20(21,22)23/h2-13,24H,1H3. The number of benzene rings is 3. The van der Waals surface area contributed by atoms with Gasteiger partial charge in [0.15, 0.2) is 0 Å². The Morgan fingerprint density at radius 1 is 0.846 bits per heavy atom. The first-order valence-corrected chi connectivity index (χ1v) is 9.37. The van der Waals surface area contributed by atoms with Gasteiger partial charge < -0.3 is 5.32 Å². The molecule has 0 heterocycles. The smallest absolute Gasteiger partial charge is 0.355 e. The maximum atomic E-state index is 12.7. The highest BCUT2D eigenvalue weighted by Gasteiger charge is 2.29. The summed E-state index contributed by atoms with van der Waals surface area (Å²) in [6, 6.07) is 19.8. The Hall–Kier alpha value is -2.60. The molecular formula is C20H16F3NOS. The molecule has 3 aromatic rings. The van der Waals surface area contributed by atoms with Gasteiger partial charge in [-0.2, -0.15) is 13.2 Å². The second-order valence-electron chi connectivity index (χ2n) is 5.72. The van der Waals surface area contributed by atoms with Gasteiger partial charge in [-0.25, -0.2) is 0 Å². The van der Waals surface area contributed by atoms with Gasteiger partial charge in [0.2, 0.25) is 0 Å². The van der Waals surface area contributed by atoms with Crippen LogP contribution in [0, 0.1) is 0 Å². The number of nitrogens with one attached hydrogen (secondary N) is 1. The van der Waals surface area contributed by atoms with Gasteiger partial charge in [-0.1, -0.05) is 30.3 Å². The van der Waals surface area contributed by atoms with Crippen molar-refractivity contribution in [2.75, 3.05) is 11.6 Å². The minimum atomic E-state index is -4.35. The summed E-state index contributed by atoms with van der Waals surface area (Å²) in [5.41, 5.74) is 2.49. The zero-order valence-electron chi connectivity index (χ0n) is 13.9. The lowest BCUT2D eigenvalue weighted by atomic mass is 10.0. The van der Waals surface area contributed by atoms with Crippen LogP contribution in [-0.4, -0.2) is 10.5 Å². The molecule has 0 radical (unpaired) electrons. The first kappa shape index (κ1) is 18.2. The molecule has 1 atom stereocenters. The molecule has 0 aliphatic rings. The van der Waals surface area contributed by atoms with E-state index in [2.05, 4.69) is 5.32 Å². The number of hydrogen-bond acceptors (Lipinski definition) is 2. The molecule has 0 fully saturated rings. The van der Waals surface area contributed by atoms with E-state index in [1.54, 1.807) is 18.4 Å². The van der Waals surface area contributed by atoms with Crippen LogP contribution < -0.4 is 5.32 Å². The van der Waals surface area contributed by atoms with Crippen molar-refractivity contribution in [1.29, 1.82) is 0 Å². The molecule has 3 aromatic carbocycles. The Balaban J connectivity index is 1.89. The summed E-state index contributed by atoms with van der Waals surface area (Å²) in [6.07, 6.45) is -2.73. The summed E-state index contributed by atoms with van der Waals surface area (Å²) < 4.78 is 49.6. The Kier molecular flexibility index (Phi) is 5.13. The number of halogens is 3. The fourth-order valence-electron chi connectivity index (χ4n) is 2.57. The van der Waals surface area contributed by atoms with Gasteiger partial charge in [0.1, 0.15) is 0 Å². The van der Waals surface area contributed by atoms with Crippen LogP contribution in [0.1, 0.15) is 5.56 Å². The fourth-order valence-corrected chi connectivity index (χ4v) is 3.09. The van der Waals surface area contributed by atoms with Gasteiger partial charge in [-0.05, 0) is 48.0 Å². The van der Waals surface area contributed by atoms with Gasteiger partial charge >= 0.3 is 6.18 Å². The lowest BCUT2D eigenvalue weighted by Gasteiger charge is -2.13. The largest absolute Gasteiger partial charge is 0.416 e. The number of anilines is 2. The quantitative estimate of drug-likeness (QED) is 0.619. The molecule has 0 aliphatic heterocycles. The lowest BCUT2D eigenvalue weighted by Crippen LogP contribution is -2.04. The summed E-state index contributed by atoms with van der Waals surface area (Å²) >= 11 is 0. The highest BCUT2D eigenvalue weighted by atomic mass is 32.2. The average Bonchev–Trinajstić information content (AvgIpc) is 2.62. The van der Waals surface area contributed by atoms with Crippen LogP contribution in [0.5, 0.6) is 0 Å². The van der Waals surface area contributed by atoms with E-state index in [9.17, 15) is 17.4 Å². The Morgan fingerprint density at radius 3 is 2.04 bits per heavy atom. The third kappa shape index (κ3) is 4.14. The van der Waals surface area contributed by atoms with E-state index in [0.29, 0.717) is 5.69 Å². The Morgan fingerprint density at radius 2 is 1.46 bits per heavy atom. The van der Waals surface area contributed by atoms with Crippen molar-refractivity contribution < 1.29 is 17.4 Å². The van der Waals surface area contributed by atoms with Crippen molar-refractivity contribution in [2.24, 2.45) is 0 Å². The van der Waals surface area contributed by atoms with E-state index in [1.165, 1.54) is 12.1 Å². The number of alkyl halides is 3. The van der Waals surface area contributed by atoms with Crippen LogP contribution in [0.3, 0.4) is 0 Å². The molecule has 3 rings (SSSR count). The van der Waals surface area contributed by atoms with Crippen LogP contribution in [0.15, 0.2) is 77.7 Å². The van der Waals surface area contributed by atoms with Crippen molar-refractivity contribution in [3.8, 4) is 11.1 Å². The summed E-state index contributed by atoms with van der Waals surface area (Å²) in [6.45, 7) is 0. The molecule has 26 heavy (non-hydrogen) atoms. The highest BCUT2D eigenvalue weighted by Crippen LogP contribution is 2.33. The molecule has 0 saturated heterocycles. The van der Waals surface area contributed by atoms with Crippen molar-refractivity contribution >= 4 is 22.2 Å². The average molecular weight is 375 g/mol. The fraction of sp³-hybridized carbons (Fsp3) is 0.100. The monoisotopic (exact) mass is 375 g/mol. The van der Waals surface area contributed by atoms with Crippen molar-refractivity contribution in [3.05, 3.63) is 78.4 Å². The summed E-state index contributed by atoms with van der Waals surface area (Å²) in [5.74, 6) is 0. The van der Waals surface area contributed by atoms with Gasteiger partial charge in [0.25, 0.3) is 0 Å². The van der Waals surface area contributed by atoms with Crippen LogP contribution in [0.25, 0.3) is 11.1 Å². The molecule has 6 heteroatoms. The van der Waals surface area contributed by atoms with Crippen LogP contribution >= 0.6 is 0 Å². The summed E-state index contributed by atoms with van der Waals surface area (Å²) in [5, 5.41) is 3.16. The van der Waals surface area contributed by atoms with E-state index in [0.717, 1.165) is 33.8 Å². The third-order valence-electron chi connectivity index (χ3n) is 3.92. The van der Waals surface area contributed by atoms with Crippen LogP contribution in [0.2, 0.25) is 0 Å². The van der Waals surface area contributed by atoms with E-state index in [1.807, 2.05) is 36.4 Å². The zero-order chi connectivity index (χ0) is 18.7. The van der Waals surface area contributed by atoms with E-state index < -0.39 is 22.5 Å². The molecule has 0 amide bonds. The number of rotatable bonds is 4. The maximum Gasteiger partial charge on any atom is 0.416 e. The molecule has 0 spiro atoms. The SMILES string of the molecule is CS(=O)c1ccc(-c2ccccc2Nc2ccc(C(F)(F)F)cc2)cc1. The zero-order valence-corrected chi connectivity index (χ0v) is 14.7. The molecule has 1 N–H and O–H groups in total. The van der Waals surface area contributed by atoms with Gasteiger partial charge in [0, 0.05) is 38.9 Å². The van der Waals surface area contributed by atoms with Crippen molar-refractivity contribution in [2.45, 2.75) is 11.1 Å². The van der Waals surface area contributed by atoms with Crippen LogP contribution in [0.4, 0.5) is 24.5 Å². The van der Waals surface area contributed by atoms with Gasteiger partial charge in [-0.15, -0.1) is 0 Å². The predicted octanol–water partition coefficient (Wildman–Crippen LogP) is 5.85. The van der Waals surface area contributed by atoms with Gasteiger partial charge in [0.05, 0.1) is 5.56 Å². The second kappa shape index (κ2) is 7.33. The highest BCUT2D eigenvalue weighted by molar-refractivity contribution is 7.84. The normalized spacial score (nSPS) is 12.6. The molecule has 0 aromatic heterocycles. The Labute approximate surface area is 152 Å². The minimum Gasteiger partial charge on any atom is -0.355 e. The first-order chi connectivity index (χ1) is 12.3. The van der Waals surface area contributed by atoms with E-state index in [4.69, 9.17) is 0 Å².